The molecular weight excluding hydrogens is 501 g/mol. The molecule has 3 aromatic carbocycles. The van der Waals surface area contributed by atoms with Crippen LogP contribution >= 0.6 is 0 Å². The molecule has 0 aliphatic heterocycles. The number of nitrogens with zero attached hydrogens (tertiary/aromatic N) is 2. The highest BCUT2D eigenvalue weighted by atomic mass is 19.1. The molecule has 0 bridgehead atoms. The number of pyridine rings is 1. The Bertz CT molecular complexity index is 1600. The minimum absolute atomic E-state index is 0.0361. The van der Waals surface area contributed by atoms with Crippen molar-refractivity contribution in [2.45, 2.75) is 6.42 Å². The molecule has 0 fully saturated rings. The minimum Gasteiger partial charge on any atom is -0.507 e. The van der Waals surface area contributed by atoms with Crippen LogP contribution in [0.15, 0.2) is 72.8 Å². The fourth-order valence-corrected chi connectivity index (χ4v) is 3.96. The monoisotopic (exact) mass is 525 g/mol. The topological polar surface area (TPSA) is 150 Å². The molecule has 4 rings (SSSR count). The predicted octanol–water partition coefficient (Wildman–Crippen LogP) is 4.68. The molecule has 39 heavy (non-hydrogen) atoms. The number of nitrogens with two attached hydrogens (primary N) is 1. The second kappa shape index (κ2) is 11.9. The highest BCUT2D eigenvalue weighted by molar-refractivity contribution is 6.07. The van der Waals surface area contributed by atoms with Crippen molar-refractivity contribution >= 4 is 23.3 Å². The lowest BCUT2D eigenvalue weighted by Crippen LogP contribution is -2.16. The molecule has 2 amide bonds. The zero-order valence-corrected chi connectivity index (χ0v) is 20.9. The third kappa shape index (κ3) is 6.01. The van der Waals surface area contributed by atoms with E-state index in [2.05, 4.69) is 21.7 Å². The van der Waals surface area contributed by atoms with E-state index in [1.54, 1.807) is 54.6 Å². The van der Waals surface area contributed by atoms with Crippen molar-refractivity contribution in [2.75, 3.05) is 24.3 Å². The number of carbonyl (C=O) groups is 2. The second-order valence-electron chi connectivity index (χ2n) is 8.37. The van der Waals surface area contributed by atoms with Crippen LogP contribution in [-0.4, -0.2) is 35.6 Å². The summed E-state index contributed by atoms with van der Waals surface area (Å²) < 4.78 is 19.0. The zero-order chi connectivity index (χ0) is 27.9. The molecule has 0 saturated heterocycles. The number of rotatable bonds is 8. The number of hydrogen-bond acceptors (Lipinski definition) is 7. The number of phenolic OH excluding ortho intramolecular Hbond substituents is 1. The first-order valence-electron chi connectivity index (χ1n) is 11.8. The van der Waals surface area contributed by atoms with E-state index >= 15 is 0 Å². The molecule has 5 N–H and O–H groups in total. The summed E-state index contributed by atoms with van der Waals surface area (Å²) in [5, 5.41) is 26.0. The summed E-state index contributed by atoms with van der Waals surface area (Å²) in [7, 11) is 1.43. The number of methoxy groups -OCH3 is 1. The van der Waals surface area contributed by atoms with Gasteiger partial charge in [-0.25, -0.2) is 9.37 Å². The molecule has 0 aliphatic carbocycles. The fourth-order valence-electron chi connectivity index (χ4n) is 3.96. The van der Waals surface area contributed by atoms with Crippen LogP contribution in [0, 0.1) is 17.1 Å². The van der Waals surface area contributed by atoms with Gasteiger partial charge in [0.25, 0.3) is 5.91 Å². The van der Waals surface area contributed by atoms with Crippen LogP contribution in [0.5, 0.6) is 11.5 Å². The molecule has 1 aromatic heterocycles. The Morgan fingerprint density at radius 1 is 1.05 bits per heavy atom. The Morgan fingerprint density at radius 3 is 2.56 bits per heavy atom. The summed E-state index contributed by atoms with van der Waals surface area (Å²) in [5.74, 6) is -1.62. The van der Waals surface area contributed by atoms with Gasteiger partial charge in [0.05, 0.1) is 18.4 Å². The van der Waals surface area contributed by atoms with E-state index in [9.17, 15) is 24.3 Å². The predicted molar refractivity (Wildman–Crippen MR) is 145 cm³/mol. The van der Waals surface area contributed by atoms with E-state index < -0.39 is 11.7 Å². The number of carbonyl (C=O) groups excluding carboxylic acids is 2. The van der Waals surface area contributed by atoms with Crippen LogP contribution in [0.2, 0.25) is 0 Å². The molecular formula is C29H24FN5O4. The Balaban J connectivity index is 1.87. The van der Waals surface area contributed by atoms with Gasteiger partial charge in [-0.3, -0.25) is 9.59 Å². The summed E-state index contributed by atoms with van der Waals surface area (Å²) in [6.07, 6.45) is 0.135. The van der Waals surface area contributed by atoms with Crippen molar-refractivity contribution in [3.05, 3.63) is 89.7 Å². The Hall–Kier alpha value is -5.27. The molecule has 0 atom stereocenters. The molecule has 10 heteroatoms. The number of nitrogens with one attached hydrogen (secondary N) is 2. The van der Waals surface area contributed by atoms with E-state index in [0.717, 1.165) is 12.1 Å². The maximum absolute atomic E-state index is 13.7. The van der Waals surface area contributed by atoms with E-state index in [0.29, 0.717) is 22.6 Å². The van der Waals surface area contributed by atoms with E-state index in [1.807, 2.05) is 0 Å². The molecule has 196 valence electrons. The van der Waals surface area contributed by atoms with Gasteiger partial charge in [0.2, 0.25) is 5.91 Å². The maximum Gasteiger partial charge on any atom is 0.260 e. The van der Waals surface area contributed by atoms with Crippen molar-refractivity contribution in [2.24, 2.45) is 5.73 Å². The zero-order valence-electron chi connectivity index (χ0n) is 20.9. The Kier molecular flexibility index (Phi) is 8.14. The highest BCUT2D eigenvalue weighted by Gasteiger charge is 2.21. The average Bonchev–Trinajstić information content (AvgIpc) is 2.92. The normalized spacial score (nSPS) is 10.4. The van der Waals surface area contributed by atoms with Crippen LogP contribution in [-0.2, 0) is 4.79 Å². The Labute approximate surface area is 223 Å². The summed E-state index contributed by atoms with van der Waals surface area (Å²) in [6, 6.07) is 20.4. The van der Waals surface area contributed by atoms with Gasteiger partial charge in [0.1, 0.15) is 28.9 Å². The van der Waals surface area contributed by atoms with Crippen molar-refractivity contribution in [1.29, 1.82) is 5.26 Å². The highest BCUT2D eigenvalue weighted by Crippen LogP contribution is 2.36. The number of nitriles is 1. The molecule has 0 unspecified atom stereocenters. The van der Waals surface area contributed by atoms with Crippen molar-refractivity contribution in [3.63, 3.8) is 0 Å². The first-order chi connectivity index (χ1) is 18.8. The first-order valence-corrected chi connectivity index (χ1v) is 11.8. The van der Waals surface area contributed by atoms with Crippen LogP contribution < -0.4 is 21.1 Å². The quantitative estimate of drug-likeness (QED) is 0.261. The van der Waals surface area contributed by atoms with Crippen LogP contribution in [0.25, 0.3) is 22.4 Å². The van der Waals surface area contributed by atoms with Gasteiger partial charge in [0, 0.05) is 35.8 Å². The summed E-state index contributed by atoms with van der Waals surface area (Å²) in [4.78, 5) is 29.7. The number of anilines is 2. The van der Waals surface area contributed by atoms with Gasteiger partial charge < -0.3 is 26.2 Å². The van der Waals surface area contributed by atoms with Crippen molar-refractivity contribution in [1.82, 2.24) is 4.98 Å². The first kappa shape index (κ1) is 26.8. The van der Waals surface area contributed by atoms with Crippen molar-refractivity contribution < 1.29 is 23.8 Å². The standard InChI is InChI=1S/C29H24FN5O4/c1-39-26-8-3-2-7-21(26)29(38)35-28-23(16-32)22(15-24(34-28)20-10-9-18(30)14-25(20)36)17-5-4-6-19(13-17)33-27(37)11-12-31/h2-10,13-15,36H,11-12,31H2,1H3,(H,33,37)(H,34,35,38). The van der Waals surface area contributed by atoms with Crippen LogP contribution in [0.3, 0.4) is 0 Å². The van der Waals surface area contributed by atoms with Gasteiger partial charge in [-0.05, 0) is 48.0 Å². The van der Waals surface area contributed by atoms with Gasteiger partial charge in [-0.1, -0.05) is 24.3 Å². The lowest BCUT2D eigenvalue weighted by atomic mass is 9.97. The third-order valence-electron chi connectivity index (χ3n) is 5.78. The number of amides is 2. The molecule has 9 nitrogen and oxygen atoms in total. The van der Waals surface area contributed by atoms with Crippen molar-refractivity contribution in [3.8, 4) is 40.0 Å². The number of aromatic nitrogens is 1. The number of aromatic hydroxyl groups is 1. The number of benzene rings is 3. The summed E-state index contributed by atoms with van der Waals surface area (Å²) in [6.45, 7) is 0.189. The smallest absolute Gasteiger partial charge is 0.260 e. The van der Waals surface area contributed by atoms with E-state index in [4.69, 9.17) is 10.5 Å². The molecule has 4 aromatic rings. The van der Waals surface area contributed by atoms with Gasteiger partial charge in [-0.2, -0.15) is 5.26 Å². The number of para-hydroxylation sites is 1. The molecule has 0 aliphatic rings. The number of halogens is 1. The van der Waals surface area contributed by atoms with Crippen LogP contribution in [0.1, 0.15) is 22.3 Å². The summed E-state index contributed by atoms with van der Waals surface area (Å²) in [5.41, 5.74) is 7.42. The van der Waals surface area contributed by atoms with Crippen LogP contribution in [0.4, 0.5) is 15.9 Å². The van der Waals surface area contributed by atoms with E-state index in [-0.39, 0.29) is 52.8 Å². The lowest BCUT2D eigenvalue weighted by molar-refractivity contribution is -0.116. The largest absolute Gasteiger partial charge is 0.507 e. The lowest BCUT2D eigenvalue weighted by Gasteiger charge is -2.15. The Morgan fingerprint density at radius 2 is 1.85 bits per heavy atom. The fraction of sp³-hybridized carbons (Fsp3) is 0.103. The van der Waals surface area contributed by atoms with Gasteiger partial charge in [0.15, 0.2) is 5.82 Å². The SMILES string of the molecule is COc1ccccc1C(=O)Nc1nc(-c2ccc(F)cc2O)cc(-c2cccc(NC(=O)CCN)c2)c1C#N. The maximum atomic E-state index is 13.7. The number of phenols is 1. The number of ether oxygens (including phenoxy) is 1. The minimum atomic E-state index is -0.643. The average molecular weight is 526 g/mol. The van der Waals surface area contributed by atoms with Gasteiger partial charge >= 0.3 is 0 Å². The molecule has 0 spiro atoms. The molecule has 0 radical (unpaired) electrons. The second-order valence-corrected chi connectivity index (χ2v) is 8.37. The van der Waals surface area contributed by atoms with E-state index in [1.165, 1.54) is 13.2 Å². The molecule has 0 saturated carbocycles. The third-order valence-corrected chi connectivity index (χ3v) is 5.78. The van der Waals surface area contributed by atoms with Gasteiger partial charge in [-0.15, -0.1) is 0 Å². The molecule has 1 heterocycles. The number of hydrogen-bond donors (Lipinski definition) is 4. The summed E-state index contributed by atoms with van der Waals surface area (Å²) >= 11 is 0.